The number of benzene rings is 1. The molecule has 0 saturated heterocycles. The number of tetrazole rings is 1. The lowest BCUT2D eigenvalue weighted by atomic mass is 10.0. The Balaban J connectivity index is 2.00. The van der Waals surface area contributed by atoms with Gasteiger partial charge in [0.05, 0.1) is 17.3 Å². The Labute approximate surface area is 151 Å². The predicted molar refractivity (Wildman–Crippen MR) is 96.5 cm³/mol. The molecule has 2 aromatic rings. The van der Waals surface area contributed by atoms with Gasteiger partial charge >= 0.3 is 0 Å². The maximum atomic E-state index is 12.4. The van der Waals surface area contributed by atoms with Crippen molar-refractivity contribution >= 4 is 23.5 Å². The van der Waals surface area contributed by atoms with E-state index in [0.29, 0.717) is 10.7 Å². The van der Waals surface area contributed by atoms with Gasteiger partial charge in [-0.2, -0.15) is 0 Å². The van der Waals surface area contributed by atoms with Crippen LogP contribution in [0, 0.1) is 0 Å². The molecule has 0 saturated carbocycles. The van der Waals surface area contributed by atoms with E-state index in [4.69, 9.17) is 0 Å². The topological polar surface area (TPSA) is 89.8 Å². The SMILES string of the molecule is CC(=O)N[C@H](C)c1ccc(C(=O)CSc2nnnn2C(C)(C)C)cc1. The Morgan fingerprint density at radius 1 is 1.24 bits per heavy atom. The zero-order chi connectivity index (χ0) is 18.6. The second kappa shape index (κ2) is 7.77. The Morgan fingerprint density at radius 3 is 2.44 bits per heavy atom. The third-order valence-corrected chi connectivity index (χ3v) is 4.48. The fourth-order valence-corrected chi connectivity index (χ4v) is 3.20. The first-order chi connectivity index (χ1) is 11.7. The van der Waals surface area contributed by atoms with Crippen LogP contribution in [-0.4, -0.2) is 37.7 Å². The number of hydrogen-bond acceptors (Lipinski definition) is 6. The molecule has 7 nitrogen and oxygen atoms in total. The quantitative estimate of drug-likeness (QED) is 0.628. The number of thioether (sulfide) groups is 1. The van der Waals surface area contributed by atoms with Crippen molar-refractivity contribution in [2.45, 2.75) is 51.4 Å². The second-order valence-electron chi connectivity index (χ2n) is 6.80. The van der Waals surface area contributed by atoms with Crippen LogP contribution in [-0.2, 0) is 10.3 Å². The Kier molecular flexibility index (Phi) is 5.94. The summed E-state index contributed by atoms with van der Waals surface area (Å²) in [4.78, 5) is 23.5. The van der Waals surface area contributed by atoms with Crippen LogP contribution in [0.4, 0.5) is 0 Å². The average Bonchev–Trinajstić information content (AvgIpc) is 3.01. The monoisotopic (exact) mass is 361 g/mol. The minimum absolute atomic E-state index is 0.00666. The number of carbonyl (C=O) groups is 2. The Morgan fingerprint density at radius 2 is 1.88 bits per heavy atom. The fraction of sp³-hybridized carbons (Fsp3) is 0.471. The highest BCUT2D eigenvalue weighted by molar-refractivity contribution is 7.99. The molecule has 0 unspecified atom stereocenters. The molecule has 0 radical (unpaired) electrons. The number of nitrogens with one attached hydrogen (secondary N) is 1. The minimum Gasteiger partial charge on any atom is -0.350 e. The number of nitrogens with zero attached hydrogens (tertiary/aromatic N) is 4. The Hall–Kier alpha value is -2.22. The van der Waals surface area contributed by atoms with Crippen molar-refractivity contribution in [1.82, 2.24) is 25.5 Å². The number of aromatic nitrogens is 4. The summed E-state index contributed by atoms with van der Waals surface area (Å²) in [7, 11) is 0. The molecule has 0 aliphatic heterocycles. The summed E-state index contributed by atoms with van der Waals surface area (Å²) < 4.78 is 1.71. The number of ketones is 1. The molecule has 1 amide bonds. The van der Waals surface area contributed by atoms with Crippen molar-refractivity contribution in [1.29, 1.82) is 0 Å². The highest BCUT2D eigenvalue weighted by Gasteiger charge is 2.21. The highest BCUT2D eigenvalue weighted by atomic mass is 32.2. The van der Waals surface area contributed by atoms with Gasteiger partial charge in [-0.15, -0.1) is 5.10 Å². The van der Waals surface area contributed by atoms with E-state index in [-0.39, 0.29) is 29.0 Å². The van der Waals surface area contributed by atoms with Crippen molar-refractivity contribution < 1.29 is 9.59 Å². The van der Waals surface area contributed by atoms with Crippen molar-refractivity contribution in [3.8, 4) is 0 Å². The molecule has 1 N–H and O–H groups in total. The van der Waals surface area contributed by atoms with Gasteiger partial charge in [-0.05, 0) is 43.7 Å². The molecule has 0 spiro atoms. The predicted octanol–water partition coefficient (Wildman–Crippen LogP) is 2.60. The number of hydrogen-bond donors (Lipinski definition) is 1. The van der Waals surface area contributed by atoms with Gasteiger partial charge in [0.1, 0.15) is 0 Å². The first-order valence-corrected chi connectivity index (χ1v) is 8.99. The lowest BCUT2D eigenvalue weighted by Crippen LogP contribution is -2.24. The van der Waals surface area contributed by atoms with Gasteiger partial charge in [-0.1, -0.05) is 36.0 Å². The summed E-state index contributed by atoms with van der Waals surface area (Å²) in [6.07, 6.45) is 0. The molecule has 0 aliphatic rings. The molecule has 0 aliphatic carbocycles. The third-order valence-electron chi connectivity index (χ3n) is 3.56. The van der Waals surface area contributed by atoms with E-state index in [0.717, 1.165) is 5.56 Å². The highest BCUT2D eigenvalue weighted by Crippen LogP contribution is 2.22. The van der Waals surface area contributed by atoms with Gasteiger partial charge in [0.15, 0.2) is 5.78 Å². The summed E-state index contributed by atoms with van der Waals surface area (Å²) in [6, 6.07) is 7.19. The lowest BCUT2D eigenvalue weighted by Gasteiger charge is -2.19. The normalized spacial score (nSPS) is 12.7. The van der Waals surface area contributed by atoms with Crippen LogP contribution in [0.15, 0.2) is 29.4 Å². The molecular formula is C17H23N5O2S. The van der Waals surface area contributed by atoms with Crippen molar-refractivity contribution in [3.63, 3.8) is 0 Å². The van der Waals surface area contributed by atoms with Gasteiger partial charge in [0.2, 0.25) is 11.1 Å². The molecule has 1 heterocycles. The third kappa shape index (κ3) is 5.12. The first-order valence-electron chi connectivity index (χ1n) is 8.00. The van der Waals surface area contributed by atoms with Crippen LogP contribution in [0.5, 0.6) is 0 Å². The molecule has 2 rings (SSSR count). The van der Waals surface area contributed by atoms with Gasteiger partial charge in [-0.25, -0.2) is 4.68 Å². The smallest absolute Gasteiger partial charge is 0.217 e. The van der Waals surface area contributed by atoms with Crippen LogP contribution in [0.3, 0.4) is 0 Å². The molecular weight excluding hydrogens is 338 g/mol. The van der Waals surface area contributed by atoms with Gasteiger partial charge in [-0.3, -0.25) is 9.59 Å². The number of amides is 1. The minimum atomic E-state index is -0.240. The van der Waals surface area contributed by atoms with Crippen molar-refractivity contribution in [3.05, 3.63) is 35.4 Å². The van der Waals surface area contributed by atoms with Crippen molar-refractivity contribution in [2.75, 3.05) is 5.75 Å². The van der Waals surface area contributed by atoms with E-state index in [2.05, 4.69) is 20.8 Å². The summed E-state index contributed by atoms with van der Waals surface area (Å²) in [5.74, 6) is 0.185. The largest absolute Gasteiger partial charge is 0.350 e. The zero-order valence-electron chi connectivity index (χ0n) is 15.1. The van der Waals surface area contributed by atoms with E-state index in [1.165, 1.54) is 18.7 Å². The van der Waals surface area contributed by atoms with Gasteiger partial charge in [0.25, 0.3) is 0 Å². The van der Waals surface area contributed by atoms with E-state index in [9.17, 15) is 9.59 Å². The molecule has 8 heteroatoms. The van der Waals surface area contributed by atoms with Crippen LogP contribution in [0.2, 0.25) is 0 Å². The summed E-state index contributed by atoms with van der Waals surface area (Å²) >= 11 is 1.32. The van der Waals surface area contributed by atoms with E-state index in [1.54, 1.807) is 16.8 Å². The summed E-state index contributed by atoms with van der Waals surface area (Å²) in [5, 5.41) is 15.1. The number of Topliss-reactive ketones (excluding diaryl/α,β-unsaturated/α-hetero) is 1. The number of rotatable bonds is 6. The molecule has 25 heavy (non-hydrogen) atoms. The Bertz CT molecular complexity index is 749. The summed E-state index contributed by atoms with van der Waals surface area (Å²) in [6.45, 7) is 9.40. The number of carbonyl (C=O) groups excluding carboxylic acids is 2. The molecule has 1 atom stereocenters. The fourth-order valence-electron chi connectivity index (χ4n) is 2.25. The van der Waals surface area contributed by atoms with E-state index >= 15 is 0 Å². The first kappa shape index (κ1) is 19.1. The lowest BCUT2D eigenvalue weighted by molar-refractivity contribution is -0.119. The standard InChI is InChI=1S/C17H23N5O2S/c1-11(18-12(2)23)13-6-8-14(9-7-13)15(24)10-25-16-19-20-21-22(16)17(3,4)5/h6-9,11H,10H2,1-5H3,(H,18,23)/t11-/m1/s1. The van der Waals surface area contributed by atoms with Crippen molar-refractivity contribution in [2.24, 2.45) is 0 Å². The maximum absolute atomic E-state index is 12.4. The van der Waals surface area contributed by atoms with Crippen LogP contribution < -0.4 is 5.32 Å². The van der Waals surface area contributed by atoms with Crippen LogP contribution >= 0.6 is 11.8 Å². The molecule has 1 aromatic carbocycles. The summed E-state index contributed by atoms with van der Waals surface area (Å²) in [5.41, 5.74) is 1.34. The average molecular weight is 361 g/mol. The molecule has 0 fully saturated rings. The molecule has 0 bridgehead atoms. The molecule has 134 valence electrons. The van der Waals surface area contributed by atoms with Crippen LogP contribution in [0.25, 0.3) is 0 Å². The molecule has 1 aromatic heterocycles. The van der Waals surface area contributed by atoms with E-state index < -0.39 is 0 Å². The van der Waals surface area contributed by atoms with Crippen LogP contribution in [0.1, 0.15) is 56.6 Å². The van der Waals surface area contributed by atoms with E-state index in [1.807, 2.05) is 39.8 Å². The second-order valence-corrected chi connectivity index (χ2v) is 7.74. The van der Waals surface area contributed by atoms with Gasteiger partial charge < -0.3 is 5.32 Å². The zero-order valence-corrected chi connectivity index (χ0v) is 15.9. The maximum Gasteiger partial charge on any atom is 0.217 e. The van der Waals surface area contributed by atoms with Gasteiger partial charge in [0, 0.05) is 12.5 Å².